The van der Waals surface area contributed by atoms with Gasteiger partial charge in [-0.05, 0) is 51.5 Å². The van der Waals surface area contributed by atoms with Gasteiger partial charge in [-0.2, -0.15) is 0 Å². The van der Waals surface area contributed by atoms with Gasteiger partial charge in [-0.3, -0.25) is 0 Å². The molecule has 2 fully saturated rings. The maximum absolute atomic E-state index is 3.80. The fourth-order valence-corrected chi connectivity index (χ4v) is 3.13. The van der Waals surface area contributed by atoms with Crippen LogP contribution in [0.5, 0.6) is 0 Å². The molecule has 2 N–H and O–H groups in total. The van der Waals surface area contributed by atoms with Crippen LogP contribution in [0.1, 0.15) is 58.8 Å². The second kappa shape index (κ2) is 6.02. The highest BCUT2D eigenvalue weighted by molar-refractivity contribution is 4.94. The van der Waals surface area contributed by atoms with E-state index in [4.69, 9.17) is 0 Å². The molecule has 0 radical (unpaired) electrons. The molecule has 0 aromatic heterocycles. The summed E-state index contributed by atoms with van der Waals surface area (Å²) in [5.41, 5.74) is 0. The molecular formula is C14H28N2. The number of nitrogens with one attached hydrogen (secondary N) is 2. The summed E-state index contributed by atoms with van der Waals surface area (Å²) in [4.78, 5) is 0. The van der Waals surface area contributed by atoms with Crippen molar-refractivity contribution in [3.8, 4) is 0 Å². The first-order valence-electron chi connectivity index (χ1n) is 7.29. The minimum absolute atomic E-state index is 0.697. The minimum Gasteiger partial charge on any atom is -0.314 e. The summed E-state index contributed by atoms with van der Waals surface area (Å²) in [6.07, 6.45) is 9.69. The molecule has 1 saturated carbocycles. The van der Waals surface area contributed by atoms with E-state index < -0.39 is 0 Å². The lowest BCUT2D eigenvalue weighted by Crippen LogP contribution is -2.40. The highest BCUT2D eigenvalue weighted by atomic mass is 15.0. The third kappa shape index (κ3) is 3.74. The van der Waals surface area contributed by atoms with Crippen molar-refractivity contribution < 1.29 is 0 Å². The van der Waals surface area contributed by atoms with Crippen molar-refractivity contribution in [1.29, 1.82) is 0 Å². The van der Waals surface area contributed by atoms with E-state index in [1.54, 1.807) is 0 Å². The van der Waals surface area contributed by atoms with Crippen LogP contribution in [0.4, 0.5) is 0 Å². The smallest absolute Gasteiger partial charge is 0.0102 e. The van der Waals surface area contributed by atoms with Crippen molar-refractivity contribution in [3.05, 3.63) is 0 Å². The zero-order chi connectivity index (χ0) is 11.4. The second-order valence-corrected chi connectivity index (χ2v) is 5.84. The zero-order valence-electron chi connectivity index (χ0n) is 11.0. The molecule has 0 bridgehead atoms. The van der Waals surface area contributed by atoms with Crippen LogP contribution in [0.15, 0.2) is 0 Å². The molecule has 0 aromatic rings. The van der Waals surface area contributed by atoms with Crippen LogP contribution >= 0.6 is 0 Å². The van der Waals surface area contributed by atoms with Gasteiger partial charge in [0, 0.05) is 18.1 Å². The standard InChI is InChI=1S/C14H28N2/c1-3-6-12-10-14(12)16-11(2)9-13-7-4-5-8-15-13/h11-16H,3-10H2,1-2H3. The van der Waals surface area contributed by atoms with Crippen molar-refractivity contribution in [1.82, 2.24) is 10.6 Å². The monoisotopic (exact) mass is 224 g/mol. The SMILES string of the molecule is CCCC1CC1NC(C)CC1CCCCN1. The molecule has 1 aliphatic heterocycles. The van der Waals surface area contributed by atoms with E-state index in [0.29, 0.717) is 6.04 Å². The van der Waals surface area contributed by atoms with Gasteiger partial charge in [0.05, 0.1) is 0 Å². The maximum Gasteiger partial charge on any atom is 0.0102 e. The lowest BCUT2D eigenvalue weighted by atomic mass is 9.99. The van der Waals surface area contributed by atoms with Crippen LogP contribution in [0.3, 0.4) is 0 Å². The fraction of sp³-hybridized carbons (Fsp3) is 1.00. The Bertz CT molecular complexity index is 199. The summed E-state index contributed by atoms with van der Waals surface area (Å²) in [5, 5.41) is 7.44. The summed E-state index contributed by atoms with van der Waals surface area (Å²) in [5.74, 6) is 0.992. The Labute approximate surface area is 101 Å². The average Bonchev–Trinajstić information content (AvgIpc) is 2.98. The summed E-state index contributed by atoms with van der Waals surface area (Å²) in [7, 11) is 0. The van der Waals surface area contributed by atoms with E-state index in [0.717, 1.165) is 18.0 Å². The van der Waals surface area contributed by atoms with E-state index >= 15 is 0 Å². The van der Waals surface area contributed by atoms with Gasteiger partial charge in [-0.15, -0.1) is 0 Å². The summed E-state index contributed by atoms with van der Waals surface area (Å²) in [6, 6.07) is 2.32. The van der Waals surface area contributed by atoms with E-state index in [-0.39, 0.29) is 0 Å². The molecule has 0 aromatic carbocycles. The highest BCUT2D eigenvalue weighted by Crippen LogP contribution is 2.35. The predicted octanol–water partition coefficient (Wildman–Crippen LogP) is 2.69. The normalized spacial score (nSPS) is 36.0. The summed E-state index contributed by atoms with van der Waals surface area (Å²) in [6.45, 7) is 5.89. The van der Waals surface area contributed by atoms with Gasteiger partial charge in [0.1, 0.15) is 0 Å². The van der Waals surface area contributed by atoms with Crippen molar-refractivity contribution in [2.45, 2.75) is 76.9 Å². The second-order valence-electron chi connectivity index (χ2n) is 5.84. The number of piperidine rings is 1. The molecule has 16 heavy (non-hydrogen) atoms. The highest BCUT2D eigenvalue weighted by Gasteiger charge is 2.36. The van der Waals surface area contributed by atoms with E-state index in [9.17, 15) is 0 Å². The van der Waals surface area contributed by atoms with Crippen LogP contribution in [0.2, 0.25) is 0 Å². The molecule has 0 spiro atoms. The van der Waals surface area contributed by atoms with E-state index in [1.165, 1.54) is 51.5 Å². The Morgan fingerprint density at radius 1 is 1.38 bits per heavy atom. The molecule has 4 unspecified atom stereocenters. The Kier molecular flexibility index (Phi) is 4.66. The number of hydrogen-bond donors (Lipinski definition) is 2. The van der Waals surface area contributed by atoms with Gasteiger partial charge < -0.3 is 10.6 Å². The van der Waals surface area contributed by atoms with Gasteiger partial charge in [0.15, 0.2) is 0 Å². The fourth-order valence-electron chi connectivity index (χ4n) is 3.13. The van der Waals surface area contributed by atoms with Gasteiger partial charge >= 0.3 is 0 Å². The Hall–Kier alpha value is -0.0800. The Morgan fingerprint density at radius 3 is 2.94 bits per heavy atom. The molecule has 2 rings (SSSR count). The first-order valence-corrected chi connectivity index (χ1v) is 7.29. The molecule has 2 heteroatoms. The Balaban J connectivity index is 1.59. The molecule has 2 aliphatic rings. The van der Waals surface area contributed by atoms with Gasteiger partial charge in [-0.1, -0.05) is 19.8 Å². The first-order chi connectivity index (χ1) is 7.79. The third-order valence-corrected chi connectivity index (χ3v) is 4.13. The van der Waals surface area contributed by atoms with Crippen LogP contribution in [0.25, 0.3) is 0 Å². The van der Waals surface area contributed by atoms with Crippen molar-refractivity contribution >= 4 is 0 Å². The van der Waals surface area contributed by atoms with Crippen LogP contribution < -0.4 is 10.6 Å². The lowest BCUT2D eigenvalue weighted by Gasteiger charge is -2.26. The van der Waals surface area contributed by atoms with Gasteiger partial charge in [0.2, 0.25) is 0 Å². The minimum atomic E-state index is 0.697. The summed E-state index contributed by atoms with van der Waals surface area (Å²) >= 11 is 0. The van der Waals surface area contributed by atoms with Crippen LogP contribution in [-0.2, 0) is 0 Å². The average molecular weight is 224 g/mol. The lowest BCUT2D eigenvalue weighted by molar-refractivity contribution is 0.341. The molecule has 4 atom stereocenters. The molecule has 1 saturated heterocycles. The molecule has 94 valence electrons. The number of hydrogen-bond acceptors (Lipinski definition) is 2. The molecular weight excluding hydrogens is 196 g/mol. The Morgan fingerprint density at radius 2 is 2.25 bits per heavy atom. The van der Waals surface area contributed by atoms with Crippen LogP contribution in [0, 0.1) is 5.92 Å². The van der Waals surface area contributed by atoms with Crippen molar-refractivity contribution in [2.24, 2.45) is 5.92 Å². The largest absolute Gasteiger partial charge is 0.314 e. The van der Waals surface area contributed by atoms with E-state index in [1.807, 2.05) is 0 Å². The summed E-state index contributed by atoms with van der Waals surface area (Å²) < 4.78 is 0. The van der Waals surface area contributed by atoms with Crippen molar-refractivity contribution in [2.75, 3.05) is 6.54 Å². The number of rotatable bonds is 6. The third-order valence-electron chi connectivity index (χ3n) is 4.13. The zero-order valence-corrected chi connectivity index (χ0v) is 11.0. The van der Waals surface area contributed by atoms with E-state index in [2.05, 4.69) is 24.5 Å². The quantitative estimate of drug-likeness (QED) is 0.725. The van der Waals surface area contributed by atoms with Gasteiger partial charge in [-0.25, -0.2) is 0 Å². The molecule has 1 heterocycles. The van der Waals surface area contributed by atoms with Gasteiger partial charge in [0.25, 0.3) is 0 Å². The topological polar surface area (TPSA) is 24.1 Å². The molecule has 1 aliphatic carbocycles. The maximum atomic E-state index is 3.80. The van der Waals surface area contributed by atoms with Crippen LogP contribution in [-0.4, -0.2) is 24.7 Å². The molecule has 0 amide bonds. The predicted molar refractivity (Wildman–Crippen MR) is 69.7 cm³/mol. The molecule has 2 nitrogen and oxygen atoms in total. The first kappa shape index (κ1) is 12.4. The van der Waals surface area contributed by atoms with Crippen molar-refractivity contribution in [3.63, 3.8) is 0 Å².